The third kappa shape index (κ3) is 3.20. The second-order valence-corrected chi connectivity index (χ2v) is 3.70. The van der Waals surface area contributed by atoms with Gasteiger partial charge in [0, 0.05) is 10.9 Å². The predicted molar refractivity (Wildman–Crippen MR) is 57.9 cm³/mol. The lowest BCUT2D eigenvalue weighted by molar-refractivity contribution is -0.136. The Balaban J connectivity index is 3.38. The second kappa shape index (κ2) is 5.68. The van der Waals surface area contributed by atoms with E-state index in [0.29, 0.717) is 5.56 Å². The molecule has 0 saturated carbocycles. The van der Waals surface area contributed by atoms with Crippen molar-refractivity contribution in [2.24, 2.45) is 0 Å². The second-order valence-electron chi connectivity index (χ2n) is 3.14. The van der Waals surface area contributed by atoms with E-state index in [1.807, 2.05) is 0 Å². The summed E-state index contributed by atoms with van der Waals surface area (Å²) in [6, 6.07) is 2.74. The minimum atomic E-state index is -2.83. The molecule has 0 amide bonds. The molecule has 0 aliphatic heterocycles. The van der Waals surface area contributed by atoms with Gasteiger partial charge in [-0.2, -0.15) is 5.26 Å². The average Bonchev–Trinajstić information content (AvgIpc) is 2.26. The van der Waals surface area contributed by atoms with E-state index in [1.54, 1.807) is 6.07 Å². The lowest BCUT2D eigenvalue weighted by Crippen LogP contribution is -2.09. The molecule has 4 nitrogen and oxygen atoms in total. The molecule has 0 radical (unpaired) electrons. The number of hydrogen-bond donors (Lipinski definition) is 1. The number of nitriles is 1. The molecule has 0 spiro atoms. The highest BCUT2D eigenvalue weighted by molar-refractivity contribution is 9.08. The quantitative estimate of drug-likeness (QED) is 0.867. The summed E-state index contributed by atoms with van der Waals surface area (Å²) < 4.78 is 25.0. The molecule has 0 saturated heterocycles. The maximum atomic E-state index is 12.5. The zero-order valence-electron chi connectivity index (χ0n) is 8.45. The van der Waals surface area contributed by atoms with E-state index in [1.165, 1.54) is 0 Å². The topological polar surface area (TPSA) is 74.0 Å². The Kier molecular flexibility index (Phi) is 4.52. The molecule has 0 unspecified atom stereocenters. The van der Waals surface area contributed by atoms with Gasteiger partial charge in [-0.05, 0) is 6.07 Å². The van der Waals surface area contributed by atoms with Gasteiger partial charge < -0.3 is 5.11 Å². The molecule has 0 fully saturated rings. The van der Waals surface area contributed by atoms with Crippen molar-refractivity contribution in [1.82, 2.24) is 4.98 Å². The van der Waals surface area contributed by atoms with Gasteiger partial charge in [0.15, 0.2) is 0 Å². The monoisotopic (exact) mass is 304 g/mol. The summed E-state index contributed by atoms with van der Waals surface area (Å²) in [6.45, 7) is 0. The van der Waals surface area contributed by atoms with Crippen molar-refractivity contribution >= 4 is 21.9 Å². The van der Waals surface area contributed by atoms with E-state index < -0.39 is 24.5 Å². The number of carboxylic acid groups (broad SMARTS) is 1. The summed E-state index contributed by atoms with van der Waals surface area (Å²) in [7, 11) is 0. The number of carbonyl (C=O) groups is 1. The predicted octanol–water partition coefficient (Wildman–Crippen LogP) is 2.41. The fourth-order valence-corrected chi connectivity index (χ4v) is 1.92. The number of aliphatic carboxylic acids is 1. The fraction of sp³-hybridized carbons (Fsp3) is 0.300. The van der Waals surface area contributed by atoms with Crippen molar-refractivity contribution in [3.05, 3.63) is 28.6 Å². The standard InChI is InChI=1S/C10H7BrF2N2O2/c11-3-6-5(4-14)1-8(10(12)13)15-7(6)2-9(16)17/h1,10H,2-3H2,(H,16,17). The van der Waals surface area contributed by atoms with Gasteiger partial charge in [-0.25, -0.2) is 8.78 Å². The van der Waals surface area contributed by atoms with Crippen LogP contribution >= 0.6 is 15.9 Å². The average molecular weight is 305 g/mol. The van der Waals surface area contributed by atoms with E-state index >= 15 is 0 Å². The normalized spacial score (nSPS) is 10.3. The Morgan fingerprint density at radius 1 is 1.65 bits per heavy atom. The van der Waals surface area contributed by atoms with Crippen molar-refractivity contribution in [3.8, 4) is 6.07 Å². The van der Waals surface area contributed by atoms with Gasteiger partial charge >= 0.3 is 5.97 Å². The molecular formula is C10H7BrF2N2O2. The number of hydrogen-bond acceptors (Lipinski definition) is 3. The van der Waals surface area contributed by atoms with E-state index in [9.17, 15) is 13.6 Å². The summed E-state index contributed by atoms with van der Waals surface area (Å²) in [6.07, 6.45) is -3.32. The first-order chi connectivity index (χ1) is 7.99. The molecule has 0 bridgehead atoms. The number of carboxylic acids is 1. The van der Waals surface area contributed by atoms with E-state index in [4.69, 9.17) is 10.4 Å². The zero-order valence-corrected chi connectivity index (χ0v) is 10.0. The van der Waals surface area contributed by atoms with Crippen LogP contribution in [0.1, 0.15) is 28.9 Å². The van der Waals surface area contributed by atoms with E-state index in [2.05, 4.69) is 20.9 Å². The van der Waals surface area contributed by atoms with Crippen LogP contribution in [0.3, 0.4) is 0 Å². The Morgan fingerprint density at radius 2 is 2.29 bits per heavy atom. The van der Waals surface area contributed by atoms with E-state index in [0.717, 1.165) is 6.07 Å². The maximum Gasteiger partial charge on any atom is 0.309 e. The molecule has 0 aliphatic rings. The van der Waals surface area contributed by atoms with E-state index in [-0.39, 0.29) is 16.6 Å². The smallest absolute Gasteiger partial charge is 0.309 e. The van der Waals surface area contributed by atoms with Crippen molar-refractivity contribution < 1.29 is 18.7 Å². The highest BCUT2D eigenvalue weighted by Crippen LogP contribution is 2.23. The van der Waals surface area contributed by atoms with Crippen LogP contribution in [0.15, 0.2) is 6.07 Å². The lowest BCUT2D eigenvalue weighted by atomic mass is 10.1. The van der Waals surface area contributed by atoms with Gasteiger partial charge in [-0.1, -0.05) is 15.9 Å². The third-order valence-corrected chi connectivity index (χ3v) is 2.59. The molecule has 0 aromatic carbocycles. The van der Waals surface area contributed by atoms with Crippen molar-refractivity contribution in [2.75, 3.05) is 0 Å². The van der Waals surface area contributed by atoms with Crippen LogP contribution in [0.25, 0.3) is 0 Å². The van der Waals surface area contributed by atoms with Crippen LogP contribution in [0.5, 0.6) is 0 Å². The van der Waals surface area contributed by atoms with Gasteiger partial charge in [0.25, 0.3) is 6.43 Å². The van der Waals surface area contributed by atoms with Crippen LogP contribution in [0.4, 0.5) is 8.78 Å². The summed E-state index contributed by atoms with van der Waals surface area (Å²) in [4.78, 5) is 14.2. The number of alkyl halides is 3. The number of halogens is 3. The summed E-state index contributed by atoms with van der Waals surface area (Å²) in [5.74, 6) is -1.19. The van der Waals surface area contributed by atoms with Gasteiger partial charge in [0.05, 0.1) is 23.7 Å². The molecule has 0 aliphatic carbocycles. The highest BCUT2D eigenvalue weighted by atomic mass is 79.9. The van der Waals surface area contributed by atoms with Crippen molar-refractivity contribution in [2.45, 2.75) is 18.2 Å². The van der Waals surface area contributed by atoms with Crippen molar-refractivity contribution in [3.63, 3.8) is 0 Å². The fourth-order valence-electron chi connectivity index (χ4n) is 1.30. The van der Waals surface area contributed by atoms with Crippen LogP contribution in [-0.2, 0) is 16.5 Å². The largest absolute Gasteiger partial charge is 0.481 e. The van der Waals surface area contributed by atoms with Crippen molar-refractivity contribution in [1.29, 1.82) is 5.26 Å². The summed E-state index contributed by atoms with van der Waals surface area (Å²) in [5, 5.41) is 17.7. The molecule has 1 rings (SSSR count). The molecule has 0 atom stereocenters. The number of aromatic nitrogens is 1. The third-order valence-electron chi connectivity index (χ3n) is 2.03. The molecule has 7 heteroatoms. The molecular weight excluding hydrogens is 298 g/mol. The van der Waals surface area contributed by atoms with Crippen LogP contribution in [-0.4, -0.2) is 16.1 Å². The van der Waals surface area contributed by atoms with Gasteiger partial charge in [0.1, 0.15) is 5.69 Å². The first-order valence-electron chi connectivity index (χ1n) is 4.48. The highest BCUT2D eigenvalue weighted by Gasteiger charge is 2.18. The van der Waals surface area contributed by atoms with Gasteiger partial charge in [-0.3, -0.25) is 9.78 Å². The minimum Gasteiger partial charge on any atom is -0.481 e. The molecule has 1 aromatic heterocycles. The number of rotatable bonds is 4. The summed E-state index contributed by atoms with van der Waals surface area (Å²) in [5.41, 5.74) is -0.242. The summed E-state index contributed by atoms with van der Waals surface area (Å²) >= 11 is 3.08. The number of nitrogens with zero attached hydrogens (tertiary/aromatic N) is 2. The SMILES string of the molecule is N#Cc1cc(C(F)F)nc(CC(=O)O)c1CBr. The molecule has 90 valence electrons. The first kappa shape index (κ1) is 13.5. The Labute approximate surface area is 104 Å². The molecule has 1 heterocycles. The Morgan fingerprint density at radius 3 is 2.71 bits per heavy atom. The van der Waals surface area contributed by atoms with Crippen LogP contribution < -0.4 is 0 Å². The van der Waals surface area contributed by atoms with Gasteiger partial charge in [-0.15, -0.1) is 0 Å². The zero-order chi connectivity index (χ0) is 13.0. The Hall–Kier alpha value is -1.55. The maximum absolute atomic E-state index is 12.5. The lowest BCUT2D eigenvalue weighted by Gasteiger charge is -2.09. The number of pyridine rings is 1. The first-order valence-corrected chi connectivity index (χ1v) is 5.60. The molecule has 1 aromatic rings. The minimum absolute atomic E-state index is 0.0104. The Bertz CT molecular complexity index is 486. The van der Waals surface area contributed by atoms with Crippen LogP contribution in [0, 0.1) is 11.3 Å². The van der Waals surface area contributed by atoms with Crippen LogP contribution in [0.2, 0.25) is 0 Å². The molecule has 1 N–H and O–H groups in total. The van der Waals surface area contributed by atoms with Gasteiger partial charge in [0.2, 0.25) is 0 Å². The molecule has 17 heavy (non-hydrogen) atoms.